The second-order valence-corrected chi connectivity index (χ2v) is 8.43. The lowest BCUT2D eigenvalue weighted by atomic mass is 9.95. The predicted molar refractivity (Wildman–Crippen MR) is 117 cm³/mol. The van der Waals surface area contributed by atoms with Gasteiger partial charge in [0.1, 0.15) is 11.6 Å². The fraction of sp³-hybridized carbons (Fsp3) is 0.174. The van der Waals surface area contributed by atoms with Crippen LogP contribution in [0.3, 0.4) is 0 Å². The number of ketones is 1. The summed E-state index contributed by atoms with van der Waals surface area (Å²) < 4.78 is 18.6. The van der Waals surface area contributed by atoms with E-state index in [0.29, 0.717) is 16.4 Å². The Kier molecular flexibility index (Phi) is 5.43. The number of hydrogen-bond acceptors (Lipinski definition) is 7. The van der Waals surface area contributed by atoms with Crippen LogP contribution >= 0.6 is 11.3 Å². The summed E-state index contributed by atoms with van der Waals surface area (Å²) in [6.45, 7) is 3.65. The van der Waals surface area contributed by atoms with Gasteiger partial charge in [-0.15, -0.1) is 11.3 Å². The van der Waals surface area contributed by atoms with E-state index in [1.807, 2.05) is 6.92 Å². The van der Waals surface area contributed by atoms with Crippen molar-refractivity contribution >= 4 is 33.9 Å². The Balaban J connectivity index is 1.97. The van der Waals surface area contributed by atoms with E-state index in [1.54, 1.807) is 6.92 Å². The number of hydrogen-bond donors (Lipinski definition) is 2. The molecule has 2 N–H and O–H groups in total. The zero-order valence-corrected chi connectivity index (χ0v) is 18.2. The fourth-order valence-corrected chi connectivity index (χ4v) is 4.47. The second-order valence-electron chi connectivity index (χ2n) is 7.25. The van der Waals surface area contributed by atoms with Crippen LogP contribution in [-0.4, -0.2) is 34.0 Å². The number of carbonyl (C=O) groups is 2. The van der Waals surface area contributed by atoms with Crippen LogP contribution < -0.4 is 9.64 Å². The first-order valence-electron chi connectivity index (χ1n) is 9.60. The van der Waals surface area contributed by atoms with Gasteiger partial charge in [0.2, 0.25) is 0 Å². The van der Waals surface area contributed by atoms with Crippen molar-refractivity contribution in [3.8, 4) is 11.5 Å². The van der Waals surface area contributed by atoms with Crippen molar-refractivity contribution in [3.05, 3.63) is 75.6 Å². The molecule has 2 aromatic carbocycles. The molecule has 9 heteroatoms. The van der Waals surface area contributed by atoms with Crippen molar-refractivity contribution in [2.24, 2.45) is 0 Å². The van der Waals surface area contributed by atoms with Crippen molar-refractivity contribution in [2.75, 3.05) is 12.0 Å². The lowest BCUT2D eigenvalue weighted by molar-refractivity contribution is -0.132. The van der Waals surface area contributed by atoms with Crippen LogP contribution in [0.1, 0.15) is 27.7 Å². The van der Waals surface area contributed by atoms with Gasteiger partial charge in [0.25, 0.3) is 5.78 Å². The summed E-state index contributed by atoms with van der Waals surface area (Å²) in [5.41, 5.74) is 1.16. The maximum atomic E-state index is 13.4. The van der Waals surface area contributed by atoms with Gasteiger partial charge < -0.3 is 14.9 Å². The van der Waals surface area contributed by atoms with E-state index in [9.17, 15) is 24.2 Å². The quantitative estimate of drug-likeness (QED) is 0.348. The van der Waals surface area contributed by atoms with E-state index in [-0.39, 0.29) is 22.6 Å². The number of aliphatic hydroxyl groups is 1. The van der Waals surface area contributed by atoms with Crippen LogP contribution in [0.2, 0.25) is 0 Å². The summed E-state index contributed by atoms with van der Waals surface area (Å²) in [6, 6.07) is 8.32. The Hall–Kier alpha value is -3.72. The van der Waals surface area contributed by atoms with Gasteiger partial charge in [0.15, 0.2) is 16.6 Å². The second kappa shape index (κ2) is 8.08. The molecule has 3 aromatic rings. The van der Waals surface area contributed by atoms with Crippen molar-refractivity contribution in [2.45, 2.75) is 19.9 Å². The molecule has 1 fully saturated rings. The number of Topliss-reactive ketones (excluding diaryl/α,β-unsaturated/α-hetero) is 1. The Morgan fingerprint density at radius 1 is 1.16 bits per heavy atom. The molecule has 1 atom stereocenters. The molecular weight excluding hydrogens is 435 g/mol. The number of amides is 1. The first-order chi connectivity index (χ1) is 15.2. The van der Waals surface area contributed by atoms with Crippen molar-refractivity contribution < 1.29 is 28.9 Å². The maximum Gasteiger partial charge on any atom is 0.301 e. The van der Waals surface area contributed by atoms with Crippen LogP contribution in [0.5, 0.6) is 11.5 Å². The minimum absolute atomic E-state index is 0.118. The smallest absolute Gasteiger partial charge is 0.301 e. The van der Waals surface area contributed by atoms with Gasteiger partial charge in [-0.05, 0) is 55.8 Å². The highest BCUT2D eigenvalue weighted by molar-refractivity contribution is 7.16. The van der Waals surface area contributed by atoms with Gasteiger partial charge in [-0.2, -0.15) is 0 Å². The monoisotopic (exact) mass is 454 g/mol. The van der Waals surface area contributed by atoms with Crippen LogP contribution in [-0.2, 0) is 9.59 Å². The van der Waals surface area contributed by atoms with E-state index in [4.69, 9.17) is 4.74 Å². The third kappa shape index (κ3) is 3.50. The van der Waals surface area contributed by atoms with E-state index in [1.165, 1.54) is 53.7 Å². The number of aryl methyl sites for hydroxylation is 2. The standard InChI is InChI=1S/C23H19FN2O5S/c1-11-12(2)32-23(25-11)26-19(14-6-9-16(27)17(10-14)31-3)18(21(29)22(26)30)20(28)13-4-7-15(24)8-5-13/h4-10,19,27-28H,1-3H3/b20-18+. The van der Waals surface area contributed by atoms with Gasteiger partial charge in [-0.1, -0.05) is 6.07 Å². The normalized spacial score (nSPS) is 17.8. The molecule has 0 aliphatic carbocycles. The van der Waals surface area contributed by atoms with Gasteiger partial charge in [-0.25, -0.2) is 9.37 Å². The number of rotatable bonds is 4. The van der Waals surface area contributed by atoms with Crippen LogP contribution in [0, 0.1) is 19.7 Å². The third-order valence-electron chi connectivity index (χ3n) is 5.30. The summed E-state index contributed by atoms with van der Waals surface area (Å²) in [4.78, 5) is 32.7. The lowest BCUT2D eigenvalue weighted by Gasteiger charge is -2.23. The zero-order valence-electron chi connectivity index (χ0n) is 17.4. The van der Waals surface area contributed by atoms with E-state index in [2.05, 4.69) is 4.98 Å². The van der Waals surface area contributed by atoms with Crippen LogP contribution in [0.4, 0.5) is 9.52 Å². The molecule has 1 aromatic heterocycles. The molecule has 0 radical (unpaired) electrons. The molecule has 1 amide bonds. The van der Waals surface area contributed by atoms with E-state index < -0.39 is 29.3 Å². The number of methoxy groups -OCH3 is 1. The molecule has 2 heterocycles. The summed E-state index contributed by atoms with van der Waals surface area (Å²) in [6.07, 6.45) is 0. The van der Waals surface area contributed by atoms with Gasteiger partial charge in [0, 0.05) is 10.4 Å². The Morgan fingerprint density at radius 3 is 2.44 bits per heavy atom. The topological polar surface area (TPSA) is 100.0 Å². The molecule has 4 rings (SSSR count). The first kappa shape index (κ1) is 21.5. The number of halogens is 1. The number of phenols is 1. The predicted octanol–water partition coefficient (Wildman–Crippen LogP) is 4.24. The van der Waals surface area contributed by atoms with Gasteiger partial charge in [0.05, 0.1) is 24.4 Å². The first-order valence-corrected chi connectivity index (χ1v) is 10.4. The van der Waals surface area contributed by atoms with Gasteiger partial charge >= 0.3 is 5.91 Å². The summed E-state index contributed by atoms with van der Waals surface area (Å²) in [5.74, 6) is -2.66. The molecular formula is C23H19FN2O5S. The summed E-state index contributed by atoms with van der Waals surface area (Å²) in [5, 5.41) is 21.3. The summed E-state index contributed by atoms with van der Waals surface area (Å²) >= 11 is 1.25. The van der Waals surface area contributed by atoms with E-state index in [0.717, 1.165) is 17.0 Å². The average molecular weight is 454 g/mol. The fourth-order valence-electron chi connectivity index (χ4n) is 3.53. The molecule has 1 unspecified atom stereocenters. The molecule has 32 heavy (non-hydrogen) atoms. The minimum atomic E-state index is -1.03. The average Bonchev–Trinajstić information content (AvgIpc) is 3.24. The third-order valence-corrected chi connectivity index (χ3v) is 6.38. The highest BCUT2D eigenvalue weighted by atomic mass is 32.1. The van der Waals surface area contributed by atoms with Gasteiger partial charge in [-0.3, -0.25) is 14.5 Å². The van der Waals surface area contributed by atoms with Crippen LogP contribution in [0.15, 0.2) is 48.0 Å². The SMILES string of the molecule is COc1cc(C2/C(=C(\O)c3ccc(F)cc3)C(=O)C(=O)N2c2nc(C)c(C)s2)ccc1O. The van der Waals surface area contributed by atoms with Crippen LogP contribution in [0.25, 0.3) is 5.76 Å². The molecule has 7 nitrogen and oxygen atoms in total. The minimum Gasteiger partial charge on any atom is -0.507 e. The Morgan fingerprint density at radius 2 is 1.84 bits per heavy atom. The molecule has 0 bridgehead atoms. The number of ether oxygens (including phenoxy) is 1. The summed E-state index contributed by atoms with van der Waals surface area (Å²) in [7, 11) is 1.38. The Labute approximate surface area is 187 Å². The Bertz CT molecular complexity index is 1250. The molecule has 0 saturated carbocycles. The number of nitrogens with zero attached hydrogens (tertiary/aromatic N) is 2. The molecule has 0 spiro atoms. The number of phenolic OH excluding ortho intramolecular Hbond substituents is 1. The number of carbonyl (C=O) groups excluding carboxylic acids is 2. The molecule has 1 aliphatic heterocycles. The number of benzene rings is 2. The number of aliphatic hydroxyl groups excluding tert-OH is 1. The highest BCUT2D eigenvalue weighted by Crippen LogP contribution is 2.45. The largest absolute Gasteiger partial charge is 0.507 e. The number of aromatic nitrogens is 1. The van der Waals surface area contributed by atoms with E-state index >= 15 is 0 Å². The van der Waals surface area contributed by atoms with Crippen molar-refractivity contribution in [3.63, 3.8) is 0 Å². The molecule has 1 aliphatic rings. The maximum absolute atomic E-state index is 13.4. The lowest BCUT2D eigenvalue weighted by Crippen LogP contribution is -2.29. The zero-order chi connectivity index (χ0) is 23.2. The number of aromatic hydroxyl groups is 1. The highest BCUT2D eigenvalue weighted by Gasteiger charge is 2.48. The molecule has 164 valence electrons. The number of thiazole rings is 1. The number of anilines is 1. The molecule has 1 saturated heterocycles. The van der Waals surface area contributed by atoms with Crippen molar-refractivity contribution in [1.82, 2.24) is 4.98 Å². The van der Waals surface area contributed by atoms with Crippen molar-refractivity contribution in [1.29, 1.82) is 0 Å².